The van der Waals surface area contributed by atoms with Gasteiger partial charge in [-0.25, -0.2) is 0 Å². The third-order valence-electron chi connectivity index (χ3n) is 7.36. The predicted molar refractivity (Wildman–Crippen MR) is 150 cm³/mol. The number of anilines is 2. The molecule has 2 aliphatic rings. The normalized spacial score (nSPS) is 18.3. The molecule has 0 bridgehead atoms. The van der Waals surface area contributed by atoms with Gasteiger partial charge in [-0.15, -0.1) is 22.7 Å². The Morgan fingerprint density at radius 1 is 0.763 bits per heavy atom. The van der Waals surface area contributed by atoms with Gasteiger partial charge in [-0.05, 0) is 79.7 Å². The number of primary amides is 2. The number of fused-ring (bicyclic) bond motifs is 2. The first-order valence-corrected chi connectivity index (χ1v) is 14.4. The fourth-order valence-corrected chi connectivity index (χ4v) is 8.17. The van der Waals surface area contributed by atoms with Crippen LogP contribution in [0.5, 0.6) is 0 Å². The van der Waals surface area contributed by atoms with Crippen molar-refractivity contribution in [2.75, 3.05) is 10.6 Å². The summed E-state index contributed by atoms with van der Waals surface area (Å²) >= 11 is 2.78. The van der Waals surface area contributed by atoms with Crippen LogP contribution in [-0.4, -0.2) is 23.6 Å². The molecule has 0 spiro atoms. The molecule has 0 unspecified atom stereocenters. The maximum atomic E-state index is 13.2. The highest BCUT2D eigenvalue weighted by Gasteiger charge is 2.29. The minimum Gasteiger partial charge on any atom is -0.365 e. The minimum atomic E-state index is -0.557. The van der Waals surface area contributed by atoms with Crippen LogP contribution in [0.3, 0.4) is 0 Å². The third kappa shape index (κ3) is 4.98. The van der Waals surface area contributed by atoms with E-state index < -0.39 is 23.6 Å². The lowest BCUT2D eigenvalue weighted by molar-refractivity contribution is 0.0990. The molecular weight excluding hydrogens is 520 g/mol. The summed E-state index contributed by atoms with van der Waals surface area (Å²) in [6.07, 6.45) is 5.16. The molecule has 0 radical (unpaired) electrons. The molecular formula is C28H30N4O4S2. The molecule has 3 aromatic rings. The quantitative estimate of drug-likeness (QED) is 0.351. The zero-order valence-electron chi connectivity index (χ0n) is 21.3. The Morgan fingerprint density at radius 2 is 1.18 bits per heavy atom. The molecule has 0 saturated heterocycles. The van der Waals surface area contributed by atoms with Crippen molar-refractivity contribution in [1.82, 2.24) is 0 Å². The largest absolute Gasteiger partial charge is 0.365 e. The van der Waals surface area contributed by atoms with E-state index in [-0.39, 0.29) is 11.1 Å². The van der Waals surface area contributed by atoms with Crippen LogP contribution in [-0.2, 0) is 25.7 Å². The van der Waals surface area contributed by atoms with Gasteiger partial charge in [0.2, 0.25) is 0 Å². The molecule has 198 valence electrons. The molecule has 2 heterocycles. The topological polar surface area (TPSA) is 144 Å². The highest BCUT2D eigenvalue weighted by atomic mass is 32.1. The van der Waals surface area contributed by atoms with E-state index >= 15 is 0 Å². The Labute approximate surface area is 228 Å². The Hall–Kier alpha value is -3.50. The average Bonchev–Trinajstić information content (AvgIpc) is 3.40. The number of amides is 4. The van der Waals surface area contributed by atoms with Crippen LogP contribution in [0.2, 0.25) is 0 Å². The summed E-state index contributed by atoms with van der Waals surface area (Å²) in [6, 6.07) is 6.32. The summed E-state index contributed by atoms with van der Waals surface area (Å²) in [5.74, 6) is -0.974. The minimum absolute atomic E-state index is 0.266. The summed E-state index contributed by atoms with van der Waals surface area (Å²) in [4.78, 5) is 52.9. The van der Waals surface area contributed by atoms with Crippen molar-refractivity contribution >= 4 is 56.3 Å². The standard InChI is InChI=1S/C28H30N4O4S2/c1-13-6-8-17-19(10-13)37-27(21(17)23(29)33)31-25(35)15-4-3-5-16(12-15)26(36)32-28-22(24(30)34)18-9-7-14(2)11-20(18)38-28/h3-5,12-14H,6-11H2,1-2H3,(H2,29,33)(H2,30,34)(H,31,35)(H,32,36)/t13-,14-/m0/s1. The number of rotatable bonds is 6. The Balaban J connectivity index is 1.37. The van der Waals surface area contributed by atoms with Crippen LogP contribution >= 0.6 is 22.7 Å². The van der Waals surface area contributed by atoms with E-state index in [9.17, 15) is 19.2 Å². The maximum absolute atomic E-state index is 13.2. The van der Waals surface area contributed by atoms with Gasteiger partial charge in [0.15, 0.2) is 0 Å². The fourth-order valence-electron chi connectivity index (χ4n) is 5.35. The van der Waals surface area contributed by atoms with E-state index in [1.807, 2.05) is 0 Å². The van der Waals surface area contributed by atoms with Crippen LogP contribution < -0.4 is 22.1 Å². The summed E-state index contributed by atoms with van der Waals surface area (Å²) in [7, 11) is 0. The Kier molecular flexibility index (Phi) is 7.11. The predicted octanol–water partition coefficient (Wildman–Crippen LogP) is 4.76. The van der Waals surface area contributed by atoms with Crippen molar-refractivity contribution in [2.24, 2.45) is 23.3 Å². The van der Waals surface area contributed by atoms with Gasteiger partial charge >= 0.3 is 0 Å². The van der Waals surface area contributed by atoms with Crippen molar-refractivity contribution in [3.8, 4) is 0 Å². The molecule has 4 amide bonds. The second kappa shape index (κ2) is 10.3. The van der Waals surface area contributed by atoms with E-state index in [0.717, 1.165) is 59.4 Å². The van der Waals surface area contributed by atoms with E-state index in [2.05, 4.69) is 24.5 Å². The third-order valence-corrected chi connectivity index (χ3v) is 9.70. The molecule has 10 heteroatoms. The van der Waals surface area contributed by atoms with Crippen molar-refractivity contribution in [3.05, 3.63) is 67.4 Å². The van der Waals surface area contributed by atoms with Crippen molar-refractivity contribution in [3.63, 3.8) is 0 Å². The smallest absolute Gasteiger partial charge is 0.256 e. The van der Waals surface area contributed by atoms with Crippen LogP contribution in [0.4, 0.5) is 10.0 Å². The highest BCUT2D eigenvalue weighted by molar-refractivity contribution is 7.17. The molecule has 0 saturated carbocycles. The molecule has 0 fully saturated rings. The first-order valence-electron chi connectivity index (χ1n) is 12.7. The maximum Gasteiger partial charge on any atom is 0.256 e. The van der Waals surface area contributed by atoms with Crippen molar-refractivity contribution in [2.45, 2.75) is 52.4 Å². The first kappa shape index (κ1) is 26.1. The van der Waals surface area contributed by atoms with Crippen LogP contribution in [0.25, 0.3) is 0 Å². The SMILES string of the molecule is C[C@H]1CCc2c(sc(NC(=O)c3cccc(C(=O)Nc4sc5c(c4C(N)=O)CC[C@H](C)C5)c3)c2C(N)=O)C1. The average molecular weight is 551 g/mol. The van der Waals surface area contributed by atoms with E-state index in [1.165, 1.54) is 28.7 Å². The molecule has 2 aliphatic carbocycles. The first-order chi connectivity index (χ1) is 18.1. The highest BCUT2D eigenvalue weighted by Crippen LogP contribution is 2.41. The lowest BCUT2D eigenvalue weighted by Crippen LogP contribution is -2.20. The van der Waals surface area contributed by atoms with E-state index in [4.69, 9.17) is 11.5 Å². The van der Waals surface area contributed by atoms with Gasteiger partial charge in [0.05, 0.1) is 11.1 Å². The number of carbonyl (C=O) groups excluding carboxylic acids is 4. The summed E-state index contributed by atoms with van der Waals surface area (Å²) in [5.41, 5.74) is 14.5. The van der Waals surface area contributed by atoms with Crippen LogP contribution in [0, 0.1) is 11.8 Å². The second-order valence-corrected chi connectivity index (χ2v) is 12.5. The number of hydrogen-bond donors (Lipinski definition) is 4. The zero-order valence-corrected chi connectivity index (χ0v) is 22.9. The van der Waals surface area contributed by atoms with Crippen LogP contribution in [0.1, 0.15) is 89.0 Å². The molecule has 2 aromatic heterocycles. The number of carbonyl (C=O) groups is 4. The number of nitrogens with one attached hydrogen (secondary N) is 2. The number of benzene rings is 1. The van der Waals surface area contributed by atoms with Gasteiger partial charge in [-0.1, -0.05) is 19.9 Å². The van der Waals surface area contributed by atoms with Gasteiger partial charge in [0.25, 0.3) is 23.6 Å². The van der Waals surface area contributed by atoms with E-state index in [0.29, 0.717) is 33.0 Å². The van der Waals surface area contributed by atoms with Gasteiger partial charge < -0.3 is 22.1 Å². The van der Waals surface area contributed by atoms with Crippen molar-refractivity contribution in [1.29, 1.82) is 0 Å². The molecule has 1 aromatic carbocycles. The monoisotopic (exact) mass is 550 g/mol. The second-order valence-electron chi connectivity index (χ2n) is 10.3. The molecule has 8 nitrogen and oxygen atoms in total. The fraction of sp³-hybridized carbons (Fsp3) is 0.357. The van der Waals surface area contributed by atoms with Gasteiger partial charge in [-0.2, -0.15) is 0 Å². The van der Waals surface area contributed by atoms with Gasteiger partial charge in [0.1, 0.15) is 10.0 Å². The van der Waals surface area contributed by atoms with E-state index in [1.54, 1.807) is 18.2 Å². The number of hydrogen-bond acceptors (Lipinski definition) is 6. The molecule has 2 atom stereocenters. The molecule has 5 rings (SSSR count). The number of nitrogens with two attached hydrogens (primary N) is 2. The van der Waals surface area contributed by atoms with Gasteiger partial charge in [0, 0.05) is 20.9 Å². The molecule has 0 aliphatic heterocycles. The Morgan fingerprint density at radius 3 is 1.58 bits per heavy atom. The molecule has 6 N–H and O–H groups in total. The number of thiophene rings is 2. The Bertz CT molecular complexity index is 1370. The van der Waals surface area contributed by atoms with Crippen LogP contribution in [0.15, 0.2) is 24.3 Å². The lowest BCUT2D eigenvalue weighted by atomic mass is 9.88. The van der Waals surface area contributed by atoms with Crippen molar-refractivity contribution < 1.29 is 19.2 Å². The summed E-state index contributed by atoms with van der Waals surface area (Å²) in [5, 5.41) is 6.58. The van der Waals surface area contributed by atoms with Gasteiger partial charge in [-0.3, -0.25) is 19.2 Å². The summed E-state index contributed by atoms with van der Waals surface area (Å²) in [6.45, 7) is 4.33. The summed E-state index contributed by atoms with van der Waals surface area (Å²) < 4.78 is 0. The molecule has 38 heavy (non-hydrogen) atoms. The zero-order chi connectivity index (χ0) is 27.1. The lowest BCUT2D eigenvalue weighted by Gasteiger charge is -2.18.